The van der Waals surface area contributed by atoms with E-state index in [2.05, 4.69) is 4.90 Å². The van der Waals surface area contributed by atoms with E-state index in [-0.39, 0.29) is 25.0 Å². The van der Waals surface area contributed by atoms with Gasteiger partial charge in [-0.25, -0.2) is 4.79 Å². The van der Waals surface area contributed by atoms with E-state index in [1.54, 1.807) is 51.7 Å². The van der Waals surface area contributed by atoms with Crippen LogP contribution in [0, 0.1) is 34.5 Å². The van der Waals surface area contributed by atoms with Gasteiger partial charge in [-0.1, -0.05) is 18.2 Å². The molecule has 0 amide bonds. The molecule has 4 N–H and O–H groups in total. The SMILES string of the molecule is COC[C@]12CN(C)[C@H]3C4C(OC)C1C3(C(OC)CC2O)C1C[C@@]2(O)C(OC(=O)c3ccccc3)C1[C@]4(O)[C@@H](O)C2OC. The van der Waals surface area contributed by atoms with Crippen LogP contribution >= 0.6 is 0 Å². The Balaban J connectivity index is 1.47. The van der Waals surface area contributed by atoms with Gasteiger partial charge in [0, 0.05) is 76.0 Å². The zero-order valence-electron chi connectivity index (χ0n) is 24.8. The zero-order chi connectivity index (χ0) is 30.0. The summed E-state index contributed by atoms with van der Waals surface area (Å²) >= 11 is 0. The molecule has 232 valence electrons. The fraction of sp³-hybridized carbons (Fsp3) is 0.774. The Morgan fingerprint density at radius 2 is 1.71 bits per heavy atom. The molecule has 1 heterocycles. The van der Waals surface area contributed by atoms with Crippen LogP contribution in [0.25, 0.3) is 0 Å². The summed E-state index contributed by atoms with van der Waals surface area (Å²) in [5.74, 6) is -2.96. The molecule has 1 saturated heterocycles. The smallest absolute Gasteiger partial charge is 0.338 e. The van der Waals surface area contributed by atoms with E-state index in [0.717, 1.165) is 0 Å². The minimum absolute atomic E-state index is 0.102. The van der Waals surface area contributed by atoms with Crippen LogP contribution < -0.4 is 0 Å². The first-order valence-electron chi connectivity index (χ1n) is 14.9. The minimum Gasteiger partial charge on any atom is -0.455 e. The summed E-state index contributed by atoms with van der Waals surface area (Å²) in [5, 5.41) is 49.4. The number of likely N-dealkylation sites (tertiary alicyclic amines) is 1. The van der Waals surface area contributed by atoms with Gasteiger partial charge in [0.1, 0.15) is 29.5 Å². The summed E-state index contributed by atoms with van der Waals surface area (Å²) in [7, 11) is 8.22. The number of hydrogen-bond acceptors (Lipinski definition) is 11. The highest BCUT2D eigenvalue weighted by molar-refractivity contribution is 5.89. The van der Waals surface area contributed by atoms with Crippen molar-refractivity contribution in [1.29, 1.82) is 0 Å². The second-order valence-electron chi connectivity index (χ2n) is 13.7. The van der Waals surface area contributed by atoms with Gasteiger partial charge in [-0.2, -0.15) is 0 Å². The molecule has 11 heteroatoms. The monoisotopic (exact) mass is 589 g/mol. The van der Waals surface area contributed by atoms with Crippen LogP contribution in [0.3, 0.4) is 0 Å². The van der Waals surface area contributed by atoms with Crippen molar-refractivity contribution in [2.75, 3.05) is 48.6 Å². The lowest BCUT2D eigenvalue weighted by Gasteiger charge is -2.69. The van der Waals surface area contributed by atoms with Crippen molar-refractivity contribution in [2.24, 2.45) is 34.5 Å². The van der Waals surface area contributed by atoms with Crippen molar-refractivity contribution in [3.05, 3.63) is 35.9 Å². The normalized spacial score (nSPS) is 53.7. The van der Waals surface area contributed by atoms with Crippen LogP contribution in [0.4, 0.5) is 0 Å². The summed E-state index contributed by atoms with van der Waals surface area (Å²) in [4.78, 5) is 15.7. The Bertz CT molecular complexity index is 1240. The van der Waals surface area contributed by atoms with Crippen molar-refractivity contribution < 1.29 is 48.9 Å². The van der Waals surface area contributed by atoms with Crippen LogP contribution in [0.1, 0.15) is 23.2 Å². The lowest BCUT2D eigenvalue weighted by atomic mass is 9.42. The van der Waals surface area contributed by atoms with E-state index < -0.39 is 82.4 Å². The van der Waals surface area contributed by atoms with Gasteiger partial charge in [0.2, 0.25) is 0 Å². The summed E-state index contributed by atoms with van der Waals surface area (Å²) in [6.07, 6.45) is -5.28. The van der Waals surface area contributed by atoms with E-state index in [0.29, 0.717) is 18.5 Å². The molecule has 42 heavy (non-hydrogen) atoms. The number of ether oxygens (including phenoxy) is 5. The number of carbonyl (C=O) groups excluding carboxylic acids is 1. The van der Waals surface area contributed by atoms with E-state index in [1.165, 1.54) is 7.11 Å². The maximum Gasteiger partial charge on any atom is 0.338 e. The number of rotatable bonds is 7. The average Bonchev–Trinajstić information content (AvgIpc) is 3.37. The molecule has 1 aliphatic heterocycles. The summed E-state index contributed by atoms with van der Waals surface area (Å²) < 4.78 is 30.3. The topological polar surface area (TPSA) is 147 Å². The maximum absolute atomic E-state index is 13.5. The number of carbonyl (C=O) groups is 1. The molecule has 15 atom stereocenters. The molecule has 7 rings (SSSR count). The third-order valence-electron chi connectivity index (χ3n) is 12.6. The largest absolute Gasteiger partial charge is 0.455 e. The number of aliphatic hydroxyl groups excluding tert-OH is 2. The van der Waals surface area contributed by atoms with Crippen molar-refractivity contribution in [1.82, 2.24) is 4.90 Å². The zero-order valence-corrected chi connectivity index (χ0v) is 24.8. The van der Waals surface area contributed by atoms with Crippen LogP contribution in [-0.2, 0) is 23.7 Å². The van der Waals surface area contributed by atoms with Crippen molar-refractivity contribution >= 4 is 5.97 Å². The van der Waals surface area contributed by atoms with Crippen LogP contribution in [0.15, 0.2) is 30.3 Å². The number of hydrogen-bond donors (Lipinski definition) is 4. The molecule has 5 saturated carbocycles. The van der Waals surface area contributed by atoms with Crippen LogP contribution in [-0.4, -0.2) is 134 Å². The highest BCUT2D eigenvalue weighted by Crippen LogP contribution is 2.80. The standard InChI is InChI=1S/C31H43NO10/c1-32-13-28(14-38-2)17(33)11-18(39-3)30-16-12-29(36)25(42-27(35)15-9-7-6-8-10-15)19(16)31(37,24(34)26(29)41-5)20(23(30)32)21(40-4)22(28)30/h6-10,16-26,33-34,36-37H,11-14H2,1-5H3/t16?,17?,18?,19?,20?,21?,22?,23-,24-,25?,26?,28-,29+,30?,31+/m0/s1. The summed E-state index contributed by atoms with van der Waals surface area (Å²) in [6, 6.07) is 8.22. The molecule has 7 bridgehead atoms. The van der Waals surface area contributed by atoms with Gasteiger partial charge in [0.15, 0.2) is 0 Å². The fourth-order valence-electron chi connectivity index (χ4n) is 11.8. The summed E-state index contributed by atoms with van der Waals surface area (Å²) in [5.41, 5.74) is -4.81. The number of methoxy groups -OCH3 is 4. The molecule has 6 aliphatic rings. The molecule has 6 fully saturated rings. The highest BCUT2D eigenvalue weighted by atomic mass is 16.6. The third kappa shape index (κ3) is 3.05. The Morgan fingerprint density at radius 1 is 1.00 bits per heavy atom. The first-order chi connectivity index (χ1) is 20.0. The number of benzene rings is 1. The molecule has 10 unspecified atom stereocenters. The fourth-order valence-corrected chi connectivity index (χ4v) is 11.8. The first-order valence-corrected chi connectivity index (χ1v) is 14.9. The Kier molecular flexibility index (Phi) is 6.52. The molecule has 0 aromatic heterocycles. The molecule has 5 aliphatic carbocycles. The molecule has 1 spiro atoms. The maximum atomic E-state index is 13.5. The van der Waals surface area contributed by atoms with Crippen LogP contribution in [0.5, 0.6) is 0 Å². The number of aliphatic hydroxyl groups is 4. The Hall–Kier alpha value is -1.67. The van der Waals surface area contributed by atoms with Gasteiger partial charge in [-0.15, -0.1) is 0 Å². The van der Waals surface area contributed by atoms with Gasteiger partial charge < -0.3 is 49.0 Å². The molecule has 0 radical (unpaired) electrons. The van der Waals surface area contributed by atoms with Gasteiger partial charge in [-0.05, 0) is 31.5 Å². The van der Waals surface area contributed by atoms with Gasteiger partial charge in [0.25, 0.3) is 0 Å². The number of esters is 1. The number of nitrogens with zero attached hydrogens (tertiary/aromatic N) is 1. The van der Waals surface area contributed by atoms with Crippen molar-refractivity contribution in [2.45, 2.75) is 66.7 Å². The van der Waals surface area contributed by atoms with E-state index in [1.807, 2.05) is 7.05 Å². The molecular formula is C31H43NO10. The summed E-state index contributed by atoms with van der Waals surface area (Å²) in [6.45, 7) is 0.760. The first kappa shape index (κ1) is 29.1. The van der Waals surface area contributed by atoms with Gasteiger partial charge >= 0.3 is 5.97 Å². The predicted octanol–water partition coefficient (Wildman–Crippen LogP) is -0.313. The van der Waals surface area contributed by atoms with Crippen molar-refractivity contribution in [3.8, 4) is 0 Å². The Labute approximate surface area is 245 Å². The lowest BCUT2D eigenvalue weighted by molar-refractivity contribution is -0.318. The number of piperidine rings is 1. The molecular weight excluding hydrogens is 546 g/mol. The molecule has 11 nitrogen and oxygen atoms in total. The van der Waals surface area contributed by atoms with E-state index in [4.69, 9.17) is 23.7 Å². The number of fused-ring (bicyclic) bond motifs is 2. The van der Waals surface area contributed by atoms with Gasteiger partial charge in [0.05, 0.1) is 30.5 Å². The second kappa shape index (κ2) is 9.42. The Morgan fingerprint density at radius 3 is 2.33 bits per heavy atom. The molecule has 1 aromatic rings. The third-order valence-corrected chi connectivity index (χ3v) is 12.6. The highest BCUT2D eigenvalue weighted by Gasteiger charge is 2.91. The average molecular weight is 590 g/mol. The molecule has 1 aromatic carbocycles. The van der Waals surface area contributed by atoms with Gasteiger partial charge in [-0.3, -0.25) is 0 Å². The van der Waals surface area contributed by atoms with Crippen molar-refractivity contribution in [3.63, 3.8) is 0 Å². The lowest BCUT2D eigenvalue weighted by Crippen LogP contribution is -2.80. The predicted molar refractivity (Wildman–Crippen MR) is 146 cm³/mol. The van der Waals surface area contributed by atoms with Crippen LogP contribution in [0.2, 0.25) is 0 Å². The quantitative estimate of drug-likeness (QED) is 0.311. The second-order valence-corrected chi connectivity index (χ2v) is 13.7. The minimum atomic E-state index is -1.86. The van der Waals surface area contributed by atoms with E-state index in [9.17, 15) is 25.2 Å². The van der Waals surface area contributed by atoms with E-state index >= 15 is 0 Å².